The highest BCUT2D eigenvalue weighted by Gasteiger charge is 2.23. The van der Waals surface area contributed by atoms with E-state index in [0.29, 0.717) is 18.8 Å². The predicted octanol–water partition coefficient (Wildman–Crippen LogP) is 7.72. The first-order valence-electron chi connectivity index (χ1n) is 12.4. The number of aromatic nitrogens is 1. The molecule has 0 fully saturated rings. The Balaban J connectivity index is 1.64. The van der Waals surface area contributed by atoms with Crippen molar-refractivity contribution in [3.8, 4) is 22.7 Å². The molecule has 0 spiro atoms. The summed E-state index contributed by atoms with van der Waals surface area (Å²) in [5.41, 5.74) is 6.96. The fourth-order valence-electron chi connectivity index (χ4n) is 4.49. The fraction of sp³-hybridized carbons (Fsp3) is 0.258. The number of benzene rings is 3. The zero-order chi connectivity index (χ0) is 25.5. The van der Waals surface area contributed by atoms with E-state index in [1.54, 1.807) is 0 Å². The number of halogens is 1. The molecule has 0 bridgehead atoms. The van der Waals surface area contributed by atoms with Crippen molar-refractivity contribution in [1.29, 1.82) is 0 Å². The lowest BCUT2D eigenvalue weighted by Gasteiger charge is -2.19. The molecule has 4 rings (SSSR count). The molecule has 0 aliphatic rings. The molecule has 0 saturated carbocycles. The number of ether oxygens (including phenoxy) is 2. The Morgan fingerprint density at radius 2 is 1.64 bits per heavy atom. The highest BCUT2D eigenvalue weighted by atomic mass is 79.9. The van der Waals surface area contributed by atoms with E-state index >= 15 is 0 Å². The Bertz CT molecular complexity index is 1280. The molecule has 1 heterocycles. The van der Waals surface area contributed by atoms with Gasteiger partial charge in [0, 0.05) is 22.3 Å². The largest absolute Gasteiger partial charge is 0.478 e. The number of hydrogen-bond acceptors (Lipinski definition) is 3. The van der Waals surface area contributed by atoms with E-state index < -0.39 is 6.10 Å². The van der Waals surface area contributed by atoms with E-state index in [2.05, 4.69) is 76.8 Å². The number of esters is 1. The van der Waals surface area contributed by atoms with Gasteiger partial charge in [-0.15, -0.1) is 0 Å². The van der Waals surface area contributed by atoms with Gasteiger partial charge in [-0.3, -0.25) is 0 Å². The summed E-state index contributed by atoms with van der Waals surface area (Å²) in [6.07, 6.45) is 1.81. The third kappa shape index (κ3) is 6.08. The summed E-state index contributed by atoms with van der Waals surface area (Å²) in [4.78, 5) is 12.6. The van der Waals surface area contributed by atoms with Crippen LogP contribution in [0.25, 0.3) is 16.9 Å². The molecule has 0 saturated heterocycles. The van der Waals surface area contributed by atoms with Crippen molar-refractivity contribution in [3.05, 3.63) is 106 Å². The van der Waals surface area contributed by atoms with Crippen LogP contribution in [0.15, 0.2) is 89.4 Å². The van der Waals surface area contributed by atoms with Crippen LogP contribution in [0.4, 0.5) is 0 Å². The maximum atomic E-state index is 12.6. The fourth-order valence-corrected chi connectivity index (χ4v) is 4.76. The summed E-state index contributed by atoms with van der Waals surface area (Å²) in [6.45, 7) is 6.48. The van der Waals surface area contributed by atoms with Gasteiger partial charge in [0.05, 0.1) is 12.3 Å². The van der Waals surface area contributed by atoms with E-state index in [4.69, 9.17) is 9.47 Å². The van der Waals surface area contributed by atoms with Gasteiger partial charge in [0.1, 0.15) is 5.75 Å². The molecule has 0 aliphatic carbocycles. The summed E-state index contributed by atoms with van der Waals surface area (Å²) in [5.74, 6) is 0.290. The lowest BCUT2D eigenvalue weighted by molar-refractivity contribution is -0.151. The zero-order valence-electron chi connectivity index (χ0n) is 21.0. The second kappa shape index (κ2) is 12.1. The van der Waals surface area contributed by atoms with Crippen molar-refractivity contribution in [2.45, 2.75) is 46.1 Å². The van der Waals surface area contributed by atoms with Crippen LogP contribution in [-0.2, 0) is 22.4 Å². The SMILES string of the molecule is CCCc1cc(C)n(-c2ccc(Br)cc2)c1-c1ccc(O[C@H](Cc2ccccc2)C(=O)OCC)cc1. The number of aryl methyl sites for hydroxylation is 2. The molecular weight excluding hydrogens is 514 g/mol. The Kier molecular flexibility index (Phi) is 8.65. The topological polar surface area (TPSA) is 40.5 Å². The maximum Gasteiger partial charge on any atom is 0.347 e. The second-order valence-corrected chi connectivity index (χ2v) is 9.71. The minimum absolute atomic E-state index is 0.318. The van der Waals surface area contributed by atoms with E-state index in [1.165, 1.54) is 17.0 Å². The number of hydrogen-bond donors (Lipinski definition) is 0. The second-order valence-electron chi connectivity index (χ2n) is 8.79. The lowest BCUT2D eigenvalue weighted by atomic mass is 10.0. The van der Waals surface area contributed by atoms with Crippen molar-refractivity contribution < 1.29 is 14.3 Å². The smallest absolute Gasteiger partial charge is 0.347 e. The van der Waals surface area contributed by atoms with Crippen LogP contribution in [0.3, 0.4) is 0 Å². The first kappa shape index (κ1) is 25.8. The normalized spacial score (nSPS) is 11.8. The molecule has 36 heavy (non-hydrogen) atoms. The number of carbonyl (C=O) groups is 1. The van der Waals surface area contributed by atoms with Gasteiger partial charge in [0.2, 0.25) is 0 Å². The molecule has 1 aromatic heterocycles. The van der Waals surface area contributed by atoms with Crippen molar-refractivity contribution >= 4 is 21.9 Å². The Labute approximate surface area is 222 Å². The van der Waals surface area contributed by atoms with Gasteiger partial charge in [0.15, 0.2) is 6.10 Å². The van der Waals surface area contributed by atoms with Gasteiger partial charge < -0.3 is 14.0 Å². The molecule has 3 aromatic carbocycles. The van der Waals surface area contributed by atoms with Crippen LogP contribution in [-0.4, -0.2) is 23.2 Å². The summed E-state index contributed by atoms with van der Waals surface area (Å²) < 4.78 is 14.8. The van der Waals surface area contributed by atoms with Crippen LogP contribution >= 0.6 is 15.9 Å². The van der Waals surface area contributed by atoms with E-state index in [9.17, 15) is 4.79 Å². The quantitative estimate of drug-likeness (QED) is 0.191. The first-order valence-corrected chi connectivity index (χ1v) is 13.2. The first-order chi connectivity index (χ1) is 17.5. The highest BCUT2D eigenvalue weighted by Crippen LogP contribution is 2.33. The molecule has 1 atom stereocenters. The summed E-state index contributed by atoms with van der Waals surface area (Å²) in [5, 5.41) is 0. The minimum atomic E-state index is -0.706. The van der Waals surface area contributed by atoms with Gasteiger partial charge in [0.25, 0.3) is 0 Å². The Hall–Kier alpha value is -3.31. The summed E-state index contributed by atoms with van der Waals surface area (Å²) in [6, 6.07) is 28.6. The predicted molar refractivity (Wildman–Crippen MR) is 149 cm³/mol. The van der Waals surface area contributed by atoms with E-state index in [-0.39, 0.29) is 5.97 Å². The molecule has 4 aromatic rings. The minimum Gasteiger partial charge on any atom is -0.478 e. The monoisotopic (exact) mass is 545 g/mol. The van der Waals surface area contributed by atoms with Crippen molar-refractivity contribution in [2.75, 3.05) is 6.61 Å². The van der Waals surface area contributed by atoms with E-state index in [0.717, 1.165) is 34.1 Å². The van der Waals surface area contributed by atoms with E-state index in [1.807, 2.05) is 49.4 Å². The van der Waals surface area contributed by atoms with Crippen molar-refractivity contribution in [1.82, 2.24) is 4.57 Å². The number of nitrogens with zero attached hydrogens (tertiary/aromatic N) is 1. The molecule has 186 valence electrons. The Morgan fingerprint density at radius 1 is 0.944 bits per heavy atom. The third-order valence-corrected chi connectivity index (χ3v) is 6.62. The number of carbonyl (C=O) groups excluding carboxylic acids is 1. The number of rotatable bonds is 10. The Morgan fingerprint density at radius 3 is 2.28 bits per heavy atom. The van der Waals surface area contributed by atoms with Crippen LogP contribution in [0.5, 0.6) is 5.75 Å². The highest BCUT2D eigenvalue weighted by molar-refractivity contribution is 9.10. The lowest BCUT2D eigenvalue weighted by Crippen LogP contribution is -2.31. The van der Waals surface area contributed by atoms with Gasteiger partial charge in [-0.1, -0.05) is 59.6 Å². The summed E-state index contributed by atoms with van der Waals surface area (Å²) in [7, 11) is 0. The van der Waals surface area contributed by atoms with Crippen molar-refractivity contribution in [3.63, 3.8) is 0 Å². The zero-order valence-corrected chi connectivity index (χ0v) is 22.6. The molecule has 0 unspecified atom stereocenters. The third-order valence-electron chi connectivity index (χ3n) is 6.09. The molecule has 4 nitrogen and oxygen atoms in total. The average molecular weight is 547 g/mol. The molecule has 0 radical (unpaired) electrons. The maximum absolute atomic E-state index is 12.6. The van der Waals surface area contributed by atoms with Crippen LogP contribution in [0.2, 0.25) is 0 Å². The molecule has 0 N–H and O–H groups in total. The van der Waals surface area contributed by atoms with Gasteiger partial charge in [-0.25, -0.2) is 4.79 Å². The molecule has 0 aliphatic heterocycles. The molecule has 5 heteroatoms. The molecular formula is C31H32BrNO3. The van der Waals surface area contributed by atoms with Crippen molar-refractivity contribution in [2.24, 2.45) is 0 Å². The summed E-state index contributed by atoms with van der Waals surface area (Å²) >= 11 is 3.54. The van der Waals surface area contributed by atoms with Crippen LogP contribution in [0, 0.1) is 6.92 Å². The molecule has 0 amide bonds. The van der Waals surface area contributed by atoms with Gasteiger partial charge in [-0.05, 0) is 91.6 Å². The van der Waals surface area contributed by atoms with Gasteiger partial charge >= 0.3 is 5.97 Å². The standard InChI is InChI=1S/C31H32BrNO3/c1-4-9-25-20-22(3)33(27-16-14-26(32)15-17-27)30(25)24-12-18-28(19-13-24)36-29(31(34)35-5-2)21-23-10-7-6-8-11-23/h6-8,10-20,29H,4-5,9,21H2,1-3H3/t29-/m1/s1. The average Bonchev–Trinajstić information content (AvgIpc) is 3.21. The van der Waals surface area contributed by atoms with Crippen LogP contribution < -0.4 is 4.74 Å². The van der Waals surface area contributed by atoms with Gasteiger partial charge in [-0.2, -0.15) is 0 Å². The van der Waals surface area contributed by atoms with Crippen LogP contribution in [0.1, 0.15) is 37.1 Å².